The standard InChI is InChI=1S/C22H21N5O3/c1-14-6-4-5-7-18(14)21(29)26(16-8-10-17(30-3)11-9-16)13-19-24-22-23-15(2)12-20(28)27(22)25-19/h4-12H,13H2,1-3H3,(H,23,24,25). The molecule has 152 valence electrons. The first-order valence-corrected chi connectivity index (χ1v) is 9.43. The molecule has 1 N–H and O–H groups in total. The van der Waals surface area contributed by atoms with E-state index in [1.165, 1.54) is 10.6 Å². The van der Waals surface area contributed by atoms with Crippen molar-refractivity contribution in [3.05, 3.63) is 87.6 Å². The Hall–Kier alpha value is -3.94. The van der Waals surface area contributed by atoms with Gasteiger partial charge in [0.05, 0.1) is 13.7 Å². The molecule has 2 aromatic carbocycles. The second-order valence-electron chi connectivity index (χ2n) is 6.95. The Kier molecular flexibility index (Phi) is 5.05. The van der Waals surface area contributed by atoms with Gasteiger partial charge < -0.3 is 9.64 Å². The Morgan fingerprint density at radius 2 is 1.83 bits per heavy atom. The summed E-state index contributed by atoms with van der Waals surface area (Å²) in [5.41, 5.74) is 2.48. The molecule has 1 amide bonds. The van der Waals surface area contributed by atoms with Crippen LogP contribution in [0.25, 0.3) is 5.78 Å². The molecule has 0 saturated carbocycles. The molecule has 0 radical (unpaired) electrons. The van der Waals surface area contributed by atoms with Crippen LogP contribution < -0.4 is 15.2 Å². The zero-order valence-electron chi connectivity index (χ0n) is 16.9. The minimum absolute atomic E-state index is 0.140. The van der Waals surface area contributed by atoms with Gasteiger partial charge in [-0.15, -0.1) is 0 Å². The maximum atomic E-state index is 13.4. The monoisotopic (exact) mass is 403 g/mol. The van der Waals surface area contributed by atoms with E-state index in [1.54, 1.807) is 37.1 Å². The quantitative estimate of drug-likeness (QED) is 0.553. The topological polar surface area (TPSA) is 92.6 Å². The van der Waals surface area contributed by atoms with Crippen molar-refractivity contribution < 1.29 is 9.53 Å². The zero-order valence-corrected chi connectivity index (χ0v) is 16.9. The summed E-state index contributed by atoms with van der Waals surface area (Å²) >= 11 is 0. The summed E-state index contributed by atoms with van der Waals surface area (Å²) in [6.07, 6.45) is 0. The van der Waals surface area contributed by atoms with E-state index in [1.807, 2.05) is 37.3 Å². The van der Waals surface area contributed by atoms with Crippen LogP contribution in [0, 0.1) is 13.8 Å². The number of carbonyl (C=O) groups excluding carboxylic acids is 1. The third-order valence-corrected chi connectivity index (χ3v) is 4.82. The van der Waals surface area contributed by atoms with E-state index in [0.29, 0.717) is 28.5 Å². The first-order chi connectivity index (χ1) is 14.5. The number of aryl methyl sites for hydroxylation is 2. The SMILES string of the molecule is COc1ccc(N(Cc2nc3nc(C)cc(=O)n3[nH]2)C(=O)c2ccccc2C)cc1. The van der Waals surface area contributed by atoms with Gasteiger partial charge in [-0.3, -0.25) is 14.7 Å². The fraction of sp³-hybridized carbons (Fsp3) is 0.182. The molecule has 8 nitrogen and oxygen atoms in total. The predicted octanol–water partition coefficient (Wildman–Crippen LogP) is 2.89. The molecule has 0 fully saturated rings. The Morgan fingerprint density at radius 3 is 2.53 bits per heavy atom. The third-order valence-electron chi connectivity index (χ3n) is 4.82. The minimum atomic E-state index is -0.252. The lowest BCUT2D eigenvalue weighted by Gasteiger charge is -2.23. The van der Waals surface area contributed by atoms with Gasteiger partial charge >= 0.3 is 0 Å². The Morgan fingerprint density at radius 1 is 1.10 bits per heavy atom. The number of anilines is 1. The van der Waals surface area contributed by atoms with E-state index in [-0.39, 0.29) is 23.8 Å². The van der Waals surface area contributed by atoms with Gasteiger partial charge in [-0.2, -0.15) is 9.50 Å². The summed E-state index contributed by atoms with van der Waals surface area (Å²) in [6, 6.07) is 16.1. The molecular weight excluding hydrogens is 382 g/mol. The number of amides is 1. The van der Waals surface area contributed by atoms with Crippen LogP contribution in [0.1, 0.15) is 27.4 Å². The number of benzene rings is 2. The molecule has 0 aliphatic heterocycles. The van der Waals surface area contributed by atoms with Crippen molar-refractivity contribution in [3.8, 4) is 5.75 Å². The van der Waals surface area contributed by atoms with Crippen LogP contribution in [0.3, 0.4) is 0 Å². The van der Waals surface area contributed by atoms with E-state index in [0.717, 1.165) is 5.56 Å². The van der Waals surface area contributed by atoms with Crippen LogP contribution in [0.4, 0.5) is 5.69 Å². The summed E-state index contributed by atoms with van der Waals surface area (Å²) in [7, 11) is 1.59. The number of nitrogens with one attached hydrogen (secondary N) is 1. The molecule has 0 saturated heterocycles. The number of hydrogen-bond donors (Lipinski definition) is 1. The second-order valence-corrected chi connectivity index (χ2v) is 6.95. The van der Waals surface area contributed by atoms with E-state index in [9.17, 15) is 9.59 Å². The van der Waals surface area contributed by atoms with Crippen molar-refractivity contribution in [2.75, 3.05) is 12.0 Å². The molecule has 0 aliphatic carbocycles. The van der Waals surface area contributed by atoms with E-state index < -0.39 is 0 Å². The van der Waals surface area contributed by atoms with Crippen LogP contribution in [0.5, 0.6) is 5.75 Å². The highest BCUT2D eigenvalue weighted by Crippen LogP contribution is 2.23. The predicted molar refractivity (Wildman–Crippen MR) is 113 cm³/mol. The minimum Gasteiger partial charge on any atom is -0.497 e. The fourth-order valence-electron chi connectivity index (χ4n) is 3.26. The van der Waals surface area contributed by atoms with Gasteiger partial charge in [0.2, 0.25) is 0 Å². The molecule has 8 heteroatoms. The highest BCUT2D eigenvalue weighted by molar-refractivity contribution is 6.06. The third kappa shape index (κ3) is 3.67. The number of aromatic amines is 1. The lowest BCUT2D eigenvalue weighted by molar-refractivity contribution is 0.0984. The number of nitrogens with zero attached hydrogens (tertiary/aromatic N) is 4. The number of fused-ring (bicyclic) bond motifs is 1. The highest BCUT2D eigenvalue weighted by Gasteiger charge is 2.21. The first-order valence-electron chi connectivity index (χ1n) is 9.43. The molecule has 0 unspecified atom stereocenters. The molecule has 2 aromatic heterocycles. The molecule has 2 heterocycles. The van der Waals surface area contributed by atoms with Crippen molar-refractivity contribution in [1.29, 1.82) is 0 Å². The van der Waals surface area contributed by atoms with Crippen molar-refractivity contribution >= 4 is 17.4 Å². The van der Waals surface area contributed by atoms with Gasteiger partial charge in [0.15, 0.2) is 0 Å². The van der Waals surface area contributed by atoms with E-state index in [4.69, 9.17) is 4.74 Å². The summed E-state index contributed by atoms with van der Waals surface area (Å²) < 4.78 is 6.50. The Bertz CT molecular complexity index is 1270. The average molecular weight is 403 g/mol. The number of carbonyl (C=O) groups is 1. The molecule has 0 atom stereocenters. The van der Waals surface area contributed by atoms with Crippen molar-refractivity contribution in [2.24, 2.45) is 0 Å². The van der Waals surface area contributed by atoms with Gasteiger partial charge in [0, 0.05) is 23.0 Å². The largest absolute Gasteiger partial charge is 0.497 e. The van der Waals surface area contributed by atoms with Gasteiger partial charge in [-0.25, -0.2) is 4.98 Å². The van der Waals surface area contributed by atoms with Crippen molar-refractivity contribution in [1.82, 2.24) is 19.6 Å². The molecule has 0 aliphatic rings. The van der Waals surface area contributed by atoms with Gasteiger partial charge in [-0.05, 0) is 49.7 Å². The fourth-order valence-corrected chi connectivity index (χ4v) is 3.26. The Balaban J connectivity index is 1.77. The summed E-state index contributed by atoms with van der Waals surface area (Å²) in [6.45, 7) is 3.77. The molecule has 30 heavy (non-hydrogen) atoms. The van der Waals surface area contributed by atoms with Crippen LogP contribution in [-0.2, 0) is 6.54 Å². The van der Waals surface area contributed by atoms with Gasteiger partial charge in [0.1, 0.15) is 11.6 Å². The first kappa shape index (κ1) is 19.4. The van der Waals surface area contributed by atoms with E-state index in [2.05, 4.69) is 15.1 Å². The summed E-state index contributed by atoms with van der Waals surface area (Å²) in [5.74, 6) is 1.24. The second kappa shape index (κ2) is 7.82. The Labute approximate surface area is 172 Å². The normalized spacial score (nSPS) is 10.9. The van der Waals surface area contributed by atoms with Crippen molar-refractivity contribution in [3.63, 3.8) is 0 Å². The number of ether oxygens (including phenoxy) is 1. The van der Waals surface area contributed by atoms with Crippen LogP contribution in [0.2, 0.25) is 0 Å². The van der Waals surface area contributed by atoms with Gasteiger partial charge in [-0.1, -0.05) is 18.2 Å². The van der Waals surface area contributed by atoms with Crippen LogP contribution >= 0.6 is 0 Å². The number of rotatable bonds is 5. The molecular formula is C22H21N5O3. The maximum Gasteiger partial charge on any atom is 0.274 e. The average Bonchev–Trinajstić information content (AvgIpc) is 3.15. The zero-order chi connectivity index (χ0) is 21.3. The number of H-pyrrole nitrogens is 1. The number of hydrogen-bond acceptors (Lipinski definition) is 5. The van der Waals surface area contributed by atoms with Crippen molar-refractivity contribution in [2.45, 2.75) is 20.4 Å². The lowest BCUT2D eigenvalue weighted by atomic mass is 10.1. The van der Waals surface area contributed by atoms with Gasteiger partial charge in [0.25, 0.3) is 17.2 Å². The summed E-state index contributed by atoms with van der Waals surface area (Å²) in [4.78, 5) is 35.9. The highest BCUT2D eigenvalue weighted by atomic mass is 16.5. The number of aromatic nitrogens is 4. The molecule has 0 spiro atoms. The molecule has 4 rings (SSSR count). The summed E-state index contributed by atoms with van der Waals surface area (Å²) in [5, 5.41) is 2.95. The smallest absolute Gasteiger partial charge is 0.274 e. The number of methoxy groups -OCH3 is 1. The molecule has 4 aromatic rings. The van der Waals surface area contributed by atoms with Crippen LogP contribution in [0.15, 0.2) is 59.4 Å². The van der Waals surface area contributed by atoms with Crippen LogP contribution in [-0.4, -0.2) is 32.6 Å². The van der Waals surface area contributed by atoms with E-state index >= 15 is 0 Å². The lowest BCUT2D eigenvalue weighted by Crippen LogP contribution is -2.31. The molecule has 0 bridgehead atoms. The maximum absolute atomic E-state index is 13.4.